The quantitative estimate of drug-likeness (QED) is 0.158. The number of benzene rings is 18. The number of rotatable bonds is 6. The lowest BCUT2D eigenvalue weighted by molar-refractivity contribution is 0.661. The molecule has 21 aromatic rings. The minimum atomic E-state index is -0.151. The van der Waals surface area contributed by atoms with Gasteiger partial charge in [0.25, 0.3) is 0 Å². The minimum Gasteiger partial charge on any atom is -0.309 e. The van der Waals surface area contributed by atoms with E-state index in [0.717, 1.165) is 0 Å². The monoisotopic (exact) mass is 1400 g/mol. The predicted octanol–water partition coefficient (Wildman–Crippen LogP) is 28.4. The maximum absolute atomic E-state index is 2.54. The molecule has 0 saturated heterocycles. The Morgan fingerprint density at radius 1 is 0.227 bits per heavy atom. The summed E-state index contributed by atoms with van der Waals surface area (Å²) >= 11 is 0. The van der Waals surface area contributed by atoms with E-state index >= 15 is 0 Å². The molecule has 1 atom stereocenters. The summed E-state index contributed by atoms with van der Waals surface area (Å²) in [4.78, 5) is 0. The molecule has 3 nitrogen and oxygen atoms in total. The van der Waals surface area contributed by atoms with Gasteiger partial charge in [-0.2, -0.15) is 0 Å². The lowest BCUT2D eigenvalue weighted by Gasteiger charge is -2.23. The highest BCUT2D eigenvalue weighted by molar-refractivity contribution is 6.18. The molecule has 0 radical (unpaired) electrons. The SMILES string of the molecule is CC1(C)c2ccccc2-c2c1ccc1c3cc(-c4ccc5c(c4)-c4ccccc4C5c4ccc5ccccc5c4)ccc3n(-c3ccc4ccccc4c3)c21.CC1(C)c2ccccc2-c2ccc3c4cc(-c5ccc6c(c5)c5ccccc5n6-c5ccc6ccccc6c5)ccc4n(-c4ccc5ccccc5c4)c3c21. The Labute approximate surface area is 638 Å². The average molecular weight is 1400 g/mol. The molecule has 1 unspecified atom stereocenters. The molecular weight excluding hydrogens is 1330 g/mol. The third-order valence-corrected chi connectivity index (χ3v) is 25.3. The molecule has 3 aliphatic rings. The second-order valence-electron chi connectivity index (χ2n) is 31.9. The molecule has 0 aliphatic heterocycles. The van der Waals surface area contributed by atoms with Gasteiger partial charge in [-0.1, -0.05) is 307 Å². The van der Waals surface area contributed by atoms with Gasteiger partial charge < -0.3 is 13.7 Å². The molecule has 3 aliphatic carbocycles. The van der Waals surface area contributed by atoms with Gasteiger partial charge in [0.1, 0.15) is 0 Å². The predicted molar refractivity (Wildman–Crippen MR) is 465 cm³/mol. The first-order chi connectivity index (χ1) is 54.1. The maximum Gasteiger partial charge on any atom is 0.0622 e. The smallest absolute Gasteiger partial charge is 0.0622 e. The van der Waals surface area contributed by atoms with Crippen LogP contribution in [0.3, 0.4) is 0 Å². The van der Waals surface area contributed by atoms with E-state index in [1.54, 1.807) is 0 Å². The first kappa shape index (κ1) is 62.6. The van der Waals surface area contributed by atoms with Crippen LogP contribution in [0.5, 0.6) is 0 Å². The van der Waals surface area contributed by atoms with E-state index in [4.69, 9.17) is 0 Å². The number of nitrogens with zero attached hydrogens (tertiary/aromatic N) is 3. The van der Waals surface area contributed by atoms with Crippen molar-refractivity contribution in [1.82, 2.24) is 13.7 Å². The van der Waals surface area contributed by atoms with Crippen molar-refractivity contribution >= 4 is 109 Å². The first-order valence-corrected chi connectivity index (χ1v) is 38.7. The summed E-state index contributed by atoms with van der Waals surface area (Å²) < 4.78 is 7.49. The van der Waals surface area contributed by atoms with Crippen LogP contribution in [-0.4, -0.2) is 13.7 Å². The van der Waals surface area contributed by atoms with Gasteiger partial charge in [-0.25, -0.2) is 0 Å². The summed E-state index contributed by atoms with van der Waals surface area (Å²) in [5.41, 5.74) is 33.5. The van der Waals surface area contributed by atoms with E-state index in [-0.39, 0.29) is 16.7 Å². The summed E-state index contributed by atoms with van der Waals surface area (Å²) in [5, 5.41) is 17.7. The van der Waals surface area contributed by atoms with Gasteiger partial charge in [-0.05, 0) is 217 Å². The van der Waals surface area contributed by atoms with Crippen LogP contribution in [0, 0.1) is 0 Å². The van der Waals surface area contributed by atoms with Crippen LogP contribution in [0.25, 0.3) is 181 Å². The van der Waals surface area contributed by atoms with Gasteiger partial charge in [0.15, 0.2) is 0 Å². The minimum absolute atomic E-state index is 0.0820. The Balaban J connectivity index is 0.000000132. The van der Waals surface area contributed by atoms with Crippen LogP contribution in [0.1, 0.15) is 72.6 Å². The molecular formula is C107H73N3. The number of hydrogen-bond donors (Lipinski definition) is 0. The zero-order valence-electron chi connectivity index (χ0n) is 61.6. The summed E-state index contributed by atoms with van der Waals surface area (Å²) in [6, 6.07) is 136. The van der Waals surface area contributed by atoms with Crippen molar-refractivity contribution in [3.05, 3.63) is 403 Å². The highest BCUT2D eigenvalue weighted by Crippen LogP contribution is 2.57. The van der Waals surface area contributed by atoms with Crippen molar-refractivity contribution in [2.75, 3.05) is 0 Å². The molecule has 0 spiro atoms. The fourth-order valence-corrected chi connectivity index (χ4v) is 20.1. The second kappa shape index (κ2) is 23.5. The van der Waals surface area contributed by atoms with Crippen molar-refractivity contribution in [1.29, 1.82) is 0 Å². The standard InChI is InChI=1S/C54H37N.C53H36N2/c1-54(2)48-18-10-9-17-45(48)52-49(54)27-26-44-47-32-38(23-28-50(47)55(53(44)52)40-24-21-34-12-4-6-14-36(34)30-40)37-22-25-43-46(31-37)41-15-7-8-16-42(41)51(43)39-20-19-33-11-3-5-13-35(33)29-39;1-53(2)47-17-9-7-15-41(47)43-25-26-44-46-32-38(22-28-50(46)55(52(44)51(43)53)40-24-20-34-12-4-6-14-36(34)30-40)37-21-27-49-45(31-37)42-16-8-10-18-48(42)54(49)39-23-19-33-11-3-5-13-35(33)29-39/h3-32,51H,1-2H3;3-32H,1-2H3. The number of hydrogen-bond acceptors (Lipinski definition) is 0. The van der Waals surface area contributed by atoms with E-state index in [1.807, 2.05) is 0 Å². The van der Waals surface area contributed by atoms with Crippen molar-refractivity contribution in [3.63, 3.8) is 0 Å². The van der Waals surface area contributed by atoms with E-state index in [1.165, 1.54) is 220 Å². The van der Waals surface area contributed by atoms with E-state index < -0.39 is 0 Å². The summed E-state index contributed by atoms with van der Waals surface area (Å²) in [6.07, 6.45) is 0. The molecule has 0 fully saturated rings. The number of fused-ring (bicyclic) bond motifs is 24. The van der Waals surface area contributed by atoms with E-state index in [2.05, 4.69) is 405 Å². The molecule has 18 aromatic carbocycles. The lowest BCUT2D eigenvalue weighted by atomic mass is 9.81. The number of aromatic nitrogens is 3. The molecule has 0 N–H and O–H groups in total. The van der Waals surface area contributed by atoms with Crippen LogP contribution < -0.4 is 0 Å². The zero-order chi connectivity index (χ0) is 72.8. The normalized spacial score (nSPS) is 14.2. The van der Waals surface area contributed by atoms with Crippen molar-refractivity contribution in [2.24, 2.45) is 0 Å². The fourth-order valence-electron chi connectivity index (χ4n) is 20.1. The molecule has 3 heterocycles. The van der Waals surface area contributed by atoms with Gasteiger partial charge in [-0.15, -0.1) is 0 Å². The molecule has 0 amide bonds. The molecule has 110 heavy (non-hydrogen) atoms. The van der Waals surface area contributed by atoms with Gasteiger partial charge in [0.05, 0.1) is 33.1 Å². The molecule has 3 aromatic heterocycles. The highest BCUT2D eigenvalue weighted by atomic mass is 15.0. The topological polar surface area (TPSA) is 14.8 Å². The fraction of sp³-hybridized carbons (Fsp3) is 0.0654. The second-order valence-corrected chi connectivity index (χ2v) is 31.9. The number of para-hydroxylation sites is 1. The average Bonchev–Trinajstić information content (AvgIpc) is 1.54. The van der Waals surface area contributed by atoms with Crippen molar-refractivity contribution in [3.8, 4) is 72.7 Å². The first-order valence-electron chi connectivity index (χ1n) is 38.7. The van der Waals surface area contributed by atoms with Crippen LogP contribution >= 0.6 is 0 Å². The molecule has 0 bridgehead atoms. The third-order valence-electron chi connectivity index (χ3n) is 25.3. The Morgan fingerprint density at radius 2 is 0.645 bits per heavy atom. The molecule has 0 saturated carbocycles. The highest BCUT2D eigenvalue weighted by Gasteiger charge is 2.40. The zero-order valence-corrected chi connectivity index (χ0v) is 61.6. The summed E-state index contributed by atoms with van der Waals surface area (Å²) in [6.45, 7) is 9.55. The summed E-state index contributed by atoms with van der Waals surface area (Å²) in [5.74, 6) is 0.210. The van der Waals surface area contributed by atoms with Crippen molar-refractivity contribution < 1.29 is 0 Å². The Kier molecular flexibility index (Phi) is 13.3. The third kappa shape index (κ3) is 9.13. The molecule has 516 valence electrons. The van der Waals surface area contributed by atoms with Gasteiger partial charge >= 0.3 is 0 Å². The molecule has 24 rings (SSSR count). The van der Waals surface area contributed by atoms with Crippen LogP contribution in [-0.2, 0) is 10.8 Å². The molecule has 3 heteroatoms. The van der Waals surface area contributed by atoms with Gasteiger partial charge in [0, 0.05) is 71.7 Å². The van der Waals surface area contributed by atoms with Crippen LogP contribution in [0.2, 0.25) is 0 Å². The van der Waals surface area contributed by atoms with E-state index in [0.29, 0.717) is 0 Å². The van der Waals surface area contributed by atoms with Crippen molar-refractivity contribution in [2.45, 2.75) is 44.4 Å². The van der Waals surface area contributed by atoms with Crippen LogP contribution in [0.4, 0.5) is 0 Å². The summed E-state index contributed by atoms with van der Waals surface area (Å²) in [7, 11) is 0. The Bertz CT molecular complexity index is 7550. The van der Waals surface area contributed by atoms with E-state index in [9.17, 15) is 0 Å². The van der Waals surface area contributed by atoms with Gasteiger partial charge in [-0.3, -0.25) is 0 Å². The Hall–Kier alpha value is -13.6. The van der Waals surface area contributed by atoms with Crippen LogP contribution in [0.15, 0.2) is 364 Å². The Morgan fingerprint density at radius 3 is 1.25 bits per heavy atom. The van der Waals surface area contributed by atoms with Gasteiger partial charge in [0.2, 0.25) is 0 Å². The lowest BCUT2D eigenvalue weighted by Crippen LogP contribution is -2.16. The maximum atomic E-state index is 2.54. The largest absolute Gasteiger partial charge is 0.309 e.